The second-order valence-electron chi connectivity index (χ2n) is 3.70. The summed E-state index contributed by atoms with van der Waals surface area (Å²) in [4.78, 5) is 11.0. The monoisotopic (exact) mass is 242 g/mol. The van der Waals surface area contributed by atoms with Crippen LogP contribution in [0.25, 0.3) is 0 Å². The van der Waals surface area contributed by atoms with Crippen molar-refractivity contribution in [1.82, 2.24) is 0 Å². The van der Waals surface area contributed by atoms with E-state index in [1.807, 2.05) is 13.8 Å². The van der Waals surface area contributed by atoms with Gasteiger partial charge in [-0.15, -0.1) is 0 Å². The van der Waals surface area contributed by atoms with Crippen molar-refractivity contribution in [2.75, 3.05) is 14.2 Å². The van der Waals surface area contributed by atoms with Crippen molar-refractivity contribution in [3.8, 4) is 11.5 Å². The fourth-order valence-electron chi connectivity index (χ4n) is 1.55. The molecule has 1 aromatic rings. The van der Waals surface area contributed by atoms with Crippen molar-refractivity contribution in [2.24, 2.45) is 0 Å². The molecule has 0 spiro atoms. The standard InChI is InChI=1S/C12H15ClO3/c1-7(2)8-5-10(15-3)12(16-4)9(6-14)11(8)13/h5-7H,1-4H3. The third-order valence-electron chi connectivity index (χ3n) is 2.41. The van der Waals surface area contributed by atoms with Crippen molar-refractivity contribution in [3.63, 3.8) is 0 Å². The van der Waals surface area contributed by atoms with Gasteiger partial charge in [-0.25, -0.2) is 0 Å². The normalized spacial score (nSPS) is 10.4. The molecule has 0 atom stereocenters. The van der Waals surface area contributed by atoms with Gasteiger partial charge in [0.05, 0.1) is 24.8 Å². The topological polar surface area (TPSA) is 35.5 Å². The van der Waals surface area contributed by atoms with E-state index < -0.39 is 0 Å². The number of benzene rings is 1. The first-order chi connectivity index (χ1) is 7.56. The van der Waals surface area contributed by atoms with E-state index in [4.69, 9.17) is 21.1 Å². The van der Waals surface area contributed by atoms with Crippen LogP contribution in [0.5, 0.6) is 11.5 Å². The maximum atomic E-state index is 11.0. The summed E-state index contributed by atoms with van der Waals surface area (Å²) in [5.74, 6) is 1.12. The third kappa shape index (κ3) is 2.14. The number of ether oxygens (including phenoxy) is 2. The predicted molar refractivity (Wildman–Crippen MR) is 64.0 cm³/mol. The Labute approximate surface area is 100 Å². The largest absolute Gasteiger partial charge is 0.493 e. The minimum Gasteiger partial charge on any atom is -0.493 e. The molecule has 0 aliphatic carbocycles. The van der Waals surface area contributed by atoms with E-state index in [1.165, 1.54) is 14.2 Å². The number of aldehydes is 1. The number of carbonyl (C=O) groups excluding carboxylic acids is 1. The molecule has 1 rings (SSSR count). The van der Waals surface area contributed by atoms with Crippen molar-refractivity contribution in [1.29, 1.82) is 0 Å². The molecule has 0 bridgehead atoms. The van der Waals surface area contributed by atoms with Crippen molar-refractivity contribution < 1.29 is 14.3 Å². The van der Waals surface area contributed by atoms with Gasteiger partial charge < -0.3 is 9.47 Å². The zero-order valence-corrected chi connectivity index (χ0v) is 10.6. The van der Waals surface area contributed by atoms with Gasteiger partial charge in [-0.2, -0.15) is 0 Å². The summed E-state index contributed by atoms with van der Waals surface area (Å²) in [5, 5.41) is 0.433. The molecule has 0 saturated carbocycles. The highest BCUT2D eigenvalue weighted by Crippen LogP contribution is 2.40. The lowest BCUT2D eigenvalue weighted by Gasteiger charge is -2.16. The Bertz CT molecular complexity index is 400. The molecule has 88 valence electrons. The first-order valence-electron chi connectivity index (χ1n) is 4.96. The number of hydrogen-bond donors (Lipinski definition) is 0. The van der Waals surface area contributed by atoms with Gasteiger partial charge in [0.2, 0.25) is 0 Å². The Morgan fingerprint density at radius 2 is 1.94 bits per heavy atom. The first kappa shape index (κ1) is 12.8. The van der Waals surface area contributed by atoms with Gasteiger partial charge in [-0.1, -0.05) is 25.4 Å². The summed E-state index contributed by atoms with van der Waals surface area (Å²) in [5.41, 5.74) is 1.22. The number of hydrogen-bond acceptors (Lipinski definition) is 3. The smallest absolute Gasteiger partial charge is 0.172 e. The predicted octanol–water partition coefficient (Wildman–Crippen LogP) is 3.29. The second-order valence-corrected chi connectivity index (χ2v) is 4.08. The quantitative estimate of drug-likeness (QED) is 0.760. The van der Waals surface area contributed by atoms with Crippen LogP contribution in [-0.4, -0.2) is 20.5 Å². The van der Waals surface area contributed by atoms with Crippen molar-refractivity contribution >= 4 is 17.9 Å². The molecule has 0 heterocycles. The van der Waals surface area contributed by atoms with Crippen LogP contribution in [0.2, 0.25) is 5.02 Å². The van der Waals surface area contributed by atoms with Gasteiger partial charge in [0, 0.05) is 0 Å². The Morgan fingerprint density at radius 3 is 2.31 bits per heavy atom. The van der Waals surface area contributed by atoms with Gasteiger partial charge in [-0.05, 0) is 17.5 Å². The summed E-state index contributed by atoms with van der Waals surface area (Å²) in [6.07, 6.45) is 0.690. The van der Waals surface area contributed by atoms with Crippen LogP contribution >= 0.6 is 11.6 Å². The fourth-order valence-corrected chi connectivity index (χ4v) is 1.95. The maximum Gasteiger partial charge on any atom is 0.172 e. The van der Waals surface area contributed by atoms with Crippen LogP contribution in [0.15, 0.2) is 6.07 Å². The molecule has 0 unspecified atom stereocenters. The van der Waals surface area contributed by atoms with E-state index in [0.29, 0.717) is 28.4 Å². The van der Waals surface area contributed by atoms with Gasteiger partial charge in [0.15, 0.2) is 17.8 Å². The van der Waals surface area contributed by atoms with Crippen molar-refractivity contribution in [2.45, 2.75) is 19.8 Å². The Kier molecular flexibility index (Phi) is 4.19. The van der Waals surface area contributed by atoms with E-state index in [9.17, 15) is 4.79 Å². The fraction of sp³-hybridized carbons (Fsp3) is 0.417. The van der Waals surface area contributed by atoms with E-state index >= 15 is 0 Å². The lowest BCUT2D eigenvalue weighted by atomic mass is 9.99. The molecule has 16 heavy (non-hydrogen) atoms. The molecule has 4 heteroatoms. The highest BCUT2D eigenvalue weighted by atomic mass is 35.5. The molecule has 3 nitrogen and oxygen atoms in total. The molecule has 0 fully saturated rings. The molecule has 0 N–H and O–H groups in total. The van der Waals surface area contributed by atoms with Crippen LogP contribution in [0.1, 0.15) is 35.7 Å². The maximum absolute atomic E-state index is 11.0. The molecule has 0 amide bonds. The molecule has 0 aliphatic rings. The summed E-state index contributed by atoms with van der Waals surface area (Å²) >= 11 is 6.15. The summed E-state index contributed by atoms with van der Waals surface area (Å²) < 4.78 is 10.3. The van der Waals surface area contributed by atoms with Crippen LogP contribution in [0, 0.1) is 0 Å². The number of halogens is 1. The van der Waals surface area contributed by atoms with E-state index in [0.717, 1.165) is 5.56 Å². The molecule has 1 aromatic carbocycles. The highest BCUT2D eigenvalue weighted by molar-refractivity contribution is 6.34. The first-order valence-corrected chi connectivity index (χ1v) is 5.34. The summed E-state index contributed by atoms with van der Waals surface area (Å²) in [6, 6.07) is 1.80. The van der Waals surface area contributed by atoms with E-state index in [2.05, 4.69) is 0 Å². The highest BCUT2D eigenvalue weighted by Gasteiger charge is 2.19. The van der Waals surface area contributed by atoms with E-state index in [-0.39, 0.29) is 5.92 Å². The zero-order valence-electron chi connectivity index (χ0n) is 9.83. The molecule has 0 radical (unpaired) electrons. The Hall–Kier alpha value is -1.22. The van der Waals surface area contributed by atoms with Crippen LogP contribution in [0.3, 0.4) is 0 Å². The number of carbonyl (C=O) groups is 1. The van der Waals surface area contributed by atoms with E-state index in [1.54, 1.807) is 6.07 Å². The van der Waals surface area contributed by atoms with Gasteiger partial charge in [0.1, 0.15) is 0 Å². The van der Waals surface area contributed by atoms with Gasteiger partial charge >= 0.3 is 0 Å². The Balaban J connectivity index is 3.54. The average molecular weight is 243 g/mol. The second kappa shape index (κ2) is 5.21. The average Bonchev–Trinajstić information content (AvgIpc) is 2.27. The molecule has 0 aliphatic heterocycles. The molecule has 0 saturated heterocycles. The lowest BCUT2D eigenvalue weighted by molar-refractivity contribution is 0.112. The number of methoxy groups -OCH3 is 2. The minimum atomic E-state index is 0.214. The number of rotatable bonds is 4. The minimum absolute atomic E-state index is 0.214. The lowest BCUT2D eigenvalue weighted by Crippen LogP contribution is -2.00. The summed E-state index contributed by atoms with van der Waals surface area (Å²) in [6.45, 7) is 4.00. The molecule has 0 aromatic heterocycles. The van der Waals surface area contributed by atoms with Crippen LogP contribution < -0.4 is 9.47 Å². The Morgan fingerprint density at radius 1 is 1.31 bits per heavy atom. The SMILES string of the molecule is COc1cc(C(C)C)c(Cl)c(C=O)c1OC. The molecular weight excluding hydrogens is 228 g/mol. The molecular formula is C12H15ClO3. The van der Waals surface area contributed by atoms with Crippen LogP contribution in [0.4, 0.5) is 0 Å². The third-order valence-corrected chi connectivity index (χ3v) is 2.83. The van der Waals surface area contributed by atoms with Crippen molar-refractivity contribution in [3.05, 3.63) is 22.2 Å². The van der Waals surface area contributed by atoms with Crippen LogP contribution in [-0.2, 0) is 0 Å². The zero-order chi connectivity index (χ0) is 12.3. The van der Waals surface area contributed by atoms with Gasteiger partial charge in [-0.3, -0.25) is 4.79 Å². The van der Waals surface area contributed by atoms with Gasteiger partial charge in [0.25, 0.3) is 0 Å². The summed E-state index contributed by atoms with van der Waals surface area (Å²) in [7, 11) is 3.01.